The van der Waals surface area contributed by atoms with Gasteiger partial charge in [-0.2, -0.15) is 0 Å². The Balaban J connectivity index is 3.15. The third-order valence-electron chi connectivity index (χ3n) is 1.38. The zero-order valence-electron chi connectivity index (χ0n) is 5.98. The highest BCUT2D eigenvalue weighted by atomic mass is 35.6. The van der Waals surface area contributed by atoms with E-state index in [-0.39, 0.29) is 0 Å². The normalized spacial score (nSPS) is 12.1. The highest BCUT2D eigenvalue weighted by molar-refractivity contribution is 6.66. The van der Waals surface area contributed by atoms with Crippen LogP contribution in [0.4, 0.5) is 0 Å². The Morgan fingerprint density at radius 3 is 2.09 bits per heavy atom. The molecule has 1 aromatic heterocycles. The first kappa shape index (κ1) is 9.10. The summed E-state index contributed by atoms with van der Waals surface area (Å²) in [5.41, 5.74) is 1.13. The van der Waals surface area contributed by atoms with E-state index in [1.54, 1.807) is 18.7 Å². The minimum absolute atomic E-state index is 0.380. The van der Waals surface area contributed by atoms with Crippen LogP contribution in [0.15, 0.2) is 0 Å². The average Bonchev–Trinajstić information content (AvgIpc) is 2.11. The third-order valence-corrected chi connectivity index (χ3v) is 1.91. The van der Waals surface area contributed by atoms with Crippen LogP contribution in [0.5, 0.6) is 0 Å². The molecule has 1 rings (SSSR count). The van der Waals surface area contributed by atoms with Gasteiger partial charge in [-0.25, -0.2) is 0 Å². The Bertz CT molecular complexity index is 262. The lowest BCUT2D eigenvalue weighted by Gasteiger charge is -2.06. The molecule has 0 radical (unpaired) electrons. The topological polar surface area (TPSA) is 30.7 Å². The second-order valence-electron chi connectivity index (χ2n) is 2.14. The molecule has 0 aromatic carbocycles. The maximum atomic E-state index is 5.59. The van der Waals surface area contributed by atoms with Crippen molar-refractivity contribution in [1.29, 1.82) is 0 Å². The largest absolute Gasteiger partial charge is 0.252 e. The first-order valence-electron chi connectivity index (χ1n) is 2.86. The summed E-state index contributed by atoms with van der Waals surface area (Å²) < 4.78 is 0.0789. The molecule has 0 saturated heterocycles. The Hall–Kier alpha value is 0.01000. The molecular formula is C5H6Cl3N3. The fourth-order valence-corrected chi connectivity index (χ4v) is 1.19. The first-order chi connectivity index (χ1) is 4.93. The lowest BCUT2D eigenvalue weighted by molar-refractivity contribution is 0.696. The zero-order valence-corrected chi connectivity index (χ0v) is 8.24. The number of rotatable bonds is 0. The maximum Gasteiger partial charge on any atom is 0.236 e. The summed E-state index contributed by atoms with van der Waals surface area (Å²) in [6.45, 7) is 1.79. The average molecular weight is 214 g/mol. The molecule has 0 amide bonds. The minimum Gasteiger partial charge on any atom is -0.252 e. The molecule has 3 nitrogen and oxygen atoms in total. The lowest BCUT2D eigenvalue weighted by Crippen LogP contribution is -2.03. The van der Waals surface area contributed by atoms with Gasteiger partial charge in [-0.3, -0.25) is 4.68 Å². The Labute approximate surface area is 79.2 Å². The van der Waals surface area contributed by atoms with Crippen molar-refractivity contribution in [2.75, 3.05) is 0 Å². The molecule has 0 aliphatic carbocycles. The van der Waals surface area contributed by atoms with Crippen molar-refractivity contribution < 1.29 is 0 Å². The van der Waals surface area contributed by atoms with Crippen LogP contribution < -0.4 is 0 Å². The van der Waals surface area contributed by atoms with Crippen LogP contribution in [0.1, 0.15) is 11.4 Å². The standard InChI is InChI=1S/C5H6Cl3N3/c1-3-4(5(6,7)8)9-10-11(3)2/h1-2H3. The monoisotopic (exact) mass is 213 g/mol. The number of aromatic nitrogens is 3. The van der Waals surface area contributed by atoms with Crippen LogP contribution in [0.2, 0.25) is 0 Å². The predicted octanol–water partition coefficient (Wildman–Crippen LogP) is 1.95. The van der Waals surface area contributed by atoms with E-state index in [4.69, 9.17) is 34.8 Å². The van der Waals surface area contributed by atoms with Crippen molar-refractivity contribution >= 4 is 34.8 Å². The first-order valence-corrected chi connectivity index (χ1v) is 4.00. The smallest absolute Gasteiger partial charge is 0.236 e. The highest BCUT2D eigenvalue weighted by Gasteiger charge is 2.29. The lowest BCUT2D eigenvalue weighted by atomic mass is 10.4. The molecule has 11 heavy (non-hydrogen) atoms. The van der Waals surface area contributed by atoms with E-state index in [1.807, 2.05) is 0 Å². The fourth-order valence-electron chi connectivity index (χ4n) is 0.666. The molecule has 0 aliphatic heterocycles. The number of nitrogens with zero attached hydrogens (tertiary/aromatic N) is 3. The molecule has 0 spiro atoms. The van der Waals surface area contributed by atoms with Crippen molar-refractivity contribution in [2.45, 2.75) is 10.7 Å². The summed E-state index contributed by atoms with van der Waals surface area (Å²) in [5, 5.41) is 7.40. The van der Waals surface area contributed by atoms with Gasteiger partial charge in [0.15, 0.2) is 0 Å². The molecule has 62 valence electrons. The van der Waals surface area contributed by atoms with E-state index in [2.05, 4.69) is 10.3 Å². The molecule has 0 unspecified atom stereocenters. The van der Waals surface area contributed by atoms with Gasteiger partial charge >= 0.3 is 0 Å². The SMILES string of the molecule is Cc1c(C(Cl)(Cl)Cl)nnn1C. The van der Waals surface area contributed by atoms with Crippen LogP contribution in [0, 0.1) is 6.92 Å². The molecular weight excluding hydrogens is 208 g/mol. The van der Waals surface area contributed by atoms with Crippen molar-refractivity contribution in [1.82, 2.24) is 15.0 Å². The maximum absolute atomic E-state index is 5.59. The molecule has 0 aliphatic rings. The number of halogens is 3. The number of hydrogen-bond donors (Lipinski definition) is 0. The van der Waals surface area contributed by atoms with Gasteiger partial charge in [0.1, 0.15) is 5.69 Å². The molecule has 0 bridgehead atoms. The van der Waals surface area contributed by atoms with E-state index in [0.717, 1.165) is 5.69 Å². The summed E-state index contributed by atoms with van der Waals surface area (Å²) in [4.78, 5) is 0. The second-order valence-corrected chi connectivity index (χ2v) is 4.43. The van der Waals surface area contributed by atoms with Gasteiger partial charge in [0, 0.05) is 7.05 Å². The van der Waals surface area contributed by atoms with E-state index in [9.17, 15) is 0 Å². The third kappa shape index (κ3) is 1.78. The summed E-state index contributed by atoms with van der Waals surface area (Å²) in [6, 6.07) is 0. The van der Waals surface area contributed by atoms with Gasteiger partial charge in [-0.1, -0.05) is 40.0 Å². The van der Waals surface area contributed by atoms with Crippen LogP contribution >= 0.6 is 34.8 Å². The summed E-state index contributed by atoms with van der Waals surface area (Å²) in [5.74, 6) is 0. The van der Waals surface area contributed by atoms with Crippen molar-refractivity contribution in [3.8, 4) is 0 Å². The van der Waals surface area contributed by atoms with Crippen molar-refractivity contribution in [3.63, 3.8) is 0 Å². The van der Waals surface area contributed by atoms with Gasteiger partial charge in [0.05, 0.1) is 5.69 Å². The molecule has 1 aromatic rings. The van der Waals surface area contributed by atoms with Crippen LogP contribution in [0.3, 0.4) is 0 Å². The van der Waals surface area contributed by atoms with Gasteiger partial charge in [-0.05, 0) is 6.92 Å². The summed E-state index contributed by atoms with van der Waals surface area (Å²) >= 11 is 16.8. The van der Waals surface area contributed by atoms with Crippen LogP contribution in [0.25, 0.3) is 0 Å². The minimum atomic E-state index is -1.47. The number of alkyl halides is 3. The van der Waals surface area contributed by atoms with Crippen molar-refractivity contribution in [3.05, 3.63) is 11.4 Å². The van der Waals surface area contributed by atoms with Gasteiger partial charge in [0.25, 0.3) is 0 Å². The molecule has 0 saturated carbocycles. The van der Waals surface area contributed by atoms with E-state index in [0.29, 0.717) is 5.69 Å². The molecule has 0 atom stereocenters. The van der Waals surface area contributed by atoms with E-state index in [1.165, 1.54) is 0 Å². The Morgan fingerprint density at radius 1 is 1.36 bits per heavy atom. The number of aryl methyl sites for hydroxylation is 1. The second kappa shape index (κ2) is 2.81. The van der Waals surface area contributed by atoms with E-state index >= 15 is 0 Å². The summed E-state index contributed by atoms with van der Waals surface area (Å²) in [7, 11) is 1.74. The molecule has 1 heterocycles. The van der Waals surface area contributed by atoms with Crippen LogP contribution in [-0.4, -0.2) is 15.0 Å². The van der Waals surface area contributed by atoms with Crippen LogP contribution in [-0.2, 0) is 10.8 Å². The predicted molar refractivity (Wildman–Crippen MR) is 45.0 cm³/mol. The van der Waals surface area contributed by atoms with Crippen molar-refractivity contribution in [2.24, 2.45) is 7.05 Å². The Morgan fingerprint density at radius 2 is 1.91 bits per heavy atom. The molecule has 6 heteroatoms. The quantitative estimate of drug-likeness (QED) is 0.618. The highest BCUT2D eigenvalue weighted by Crippen LogP contribution is 2.37. The zero-order chi connectivity index (χ0) is 8.65. The van der Waals surface area contributed by atoms with E-state index < -0.39 is 3.79 Å². The van der Waals surface area contributed by atoms with Gasteiger partial charge in [0.2, 0.25) is 3.79 Å². The molecule has 0 N–H and O–H groups in total. The summed E-state index contributed by atoms with van der Waals surface area (Å²) in [6.07, 6.45) is 0. The Kier molecular flexibility index (Phi) is 2.32. The van der Waals surface area contributed by atoms with Gasteiger partial charge in [-0.15, -0.1) is 5.10 Å². The number of hydrogen-bond acceptors (Lipinski definition) is 2. The van der Waals surface area contributed by atoms with Gasteiger partial charge < -0.3 is 0 Å². The fraction of sp³-hybridized carbons (Fsp3) is 0.600. The molecule has 0 fully saturated rings.